The highest BCUT2D eigenvalue weighted by Crippen LogP contribution is 2.32. The van der Waals surface area contributed by atoms with Gasteiger partial charge in [0, 0.05) is 17.3 Å². The first-order valence-corrected chi connectivity index (χ1v) is 9.73. The average Bonchev–Trinajstić information content (AvgIpc) is 3.07. The maximum Gasteiger partial charge on any atom is 0.317 e. The van der Waals surface area contributed by atoms with Crippen molar-refractivity contribution in [2.75, 3.05) is 7.11 Å². The summed E-state index contributed by atoms with van der Waals surface area (Å²) in [5.41, 5.74) is 3.23. The van der Waals surface area contributed by atoms with Gasteiger partial charge in [0.15, 0.2) is 4.67 Å². The van der Waals surface area contributed by atoms with E-state index >= 15 is 0 Å². The largest absolute Gasteiger partial charge is 0.468 e. The highest BCUT2D eigenvalue weighted by Gasteiger charge is 2.32. The Morgan fingerprint density at radius 2 is 2.00 bits per heavy atom. The maximum atomic E-state index is 12.0. The molecule has 2 rings (SSSR count). The first-order valence-electron chi connectivity index (χ1n) is 8.93. The molecule has 0 aliphatic heterocycles. The van der Waals surface area contributed by atoms with Crippen LogP contribution in [0.4, 0.5) is 0 Å². The SMILES string of the molecule is C\C=C/C(C)=C\C(=C/C)c1nc(-c2ccc(C(C)(C)C(=O)OC)nc2)c(Br)o1. The number of halogens is 1. The Morgan fingerprint density at radius 3 is 2.54 bits per heavy atom. The molecule has 5 nitrogen and oxygen atoms in total. The van der Waals surface area contributed by atoms with Crippen LogP contribution in [0.2, 0.25) is 0 Å². The number of carbonyl (C=O) groups excluding carboxylic acids is 1. The van der Waals surface area contributed by atoms with Crippen molar-refractivity contribution >= 4 is 27.5 Å². The summed E-state index contributed by atoms with van der Waals surface area (Å²) in [6.45, 7) is 9.50. The molecule has 2 aromatic rings. The van der Waals surface area contributed by atoms with E-state index in [0.717, 1.165) is 16.7 Å². The fourth-order valence-electron chi connectivity index (χ4n) is 2.69. The lowest BCUT2D eigenvalue weighted by Crippen LogP contribution is -2.31. The minimum absolute atomic E-state index is 0.335. The number of pyridine rings is 1. The van der Waals surface area contributed by atoms with Crippen molar-refractivity contribution in [2.24, 2.45) is 0 Å². The van der Waals surface area contributed by atoms with Gasteiger partial charge in [-0.05, 0) is 68.8 Å². The summed E-state index contributed by atoms with van der Waals surface area (Å²) in [6, 6.07) is 3.68. The molecule has 0 bridgehead atoms. The van der Waals surface area contributed by atoms with Crippen molar-refractivity contribution in [1.29, 1.82) is 0 Å². The zero-order chi connectivity index (χ0) is 20.9. The Kier molecular flexibility index (Phi) is 7.13. The van der Waals surface area contributed by atoms with E-state index in [9.17, 15) is 4.79 Å². The summed E-state index contributed by atoms with van der Waals surface area (Å²) in [5.74, 6) is 0.186. The number of esters is 1. The molecular formula is C22H25BrN2O3. The predicted octanol–water partition coefficient (Wildman–Crippen LogP) is 5.88. The molecular weight excluding hydrogens is 420 g/mol. The molecule has 2 aromatic heterocycles. The zero-order valence-electron chi connectivity index (χ0n) is 17.0. The van der Waals surface area contributed by atoms with Gasteiger partial charge in [-0.3, -0.25) is 9.78 Å². The number of methoxy groups -OCH3 is 1. The molecule has 0 fully saturated rings. The van der Waals surface area contributed by atoms with Crippen molar-refractivity contribution < 1.29 is 13.9 Å². The summed E-state index contributed by atoms with van der Waals surface area (Å²) >= 11 is 3.45. The third kappa shape index (κ3) is 4.68. The number of nitrogens with zero attached hydrogens (tertiary/aromatic N) is 2. The Morgan fingerprint density at radius 1 is 1.29 bits per heavy atom. The number of oxazole rings is 1. The number of carbonyl (C=O) groups is 1. The molecule has 0 saturated carbocycles. The monoisotopic (exact) mass is 444 g/mol. The highest BCUT2D eigenvalue weighted by atomic mass is 79.9. The Hall–Kier alpha value is -2.47. The van der Waals surface area contributed by atoms with Crippen molar-refractivity contribution in [3.8, 4) is 11.3 Å². The molecule has 6 heteroatoms. The second-order valence-corrected chi connectivity index (χ2v) is 7.54. The van der Waals surface area contributed by atoms with Gasteiger partial charge < -0.3 is 9.15 Å². The molecule has 0 aromatic carbocycles. The number of allylic oxidation sites excluding steroid dienone is 6. The van der Waals surface area contributed by atoms with Crippen LogP contribution in [0, 0.1) is 0 Å². The van der Waals surface area contributed by atoms with Gasteiger partial charge in [-0.25, -0.2) is 4.98 Å². The van der Waals surface area contributed by atoms with E-state index < -0.39 is 5.41 Å². The van der Waals surface area contributed by atoms with Crippen molar-refractivity contribution in [2.45, 2.75) is 40.0 Å². The number of aromatic nitrogens is 2. The number of ether oxygens (including phenoxy) is 1. The minimum atomic E-state index is -0.827. The second kappa shape index (κ2) is 9.15. The molecule has 0 aliphatic rings. The van der Waals surface area contributed by atoms with Gasteiger partial charge in [0.25, 0.3) is 0 Å². The lowest BCUT2D eigenvalue weighted by molar-refractivity contribution is -0.146. The third-order valence-electron chi connectivity index (χ3n) is 4.33. The lowest BCUT2D eigenvalue weighted by atomic mass is 9.88. The fourth-order valence-corrected chi connectivity index (χ4v) is 3.16. The van der Waals surface area contributed by atoms with E-state index in [1.54, 1.807) is 26.1 Å². The normalized spacial score (nSPS) is 13.2. The number of rotatable bonds is 6. The lowest BCUT2D eigenvalue weighted by Gasteiger charge is -2.20. The van der Waals surface area contributed by atoms with Crippen molar-refractivity contribution in [3.05, 3.63) is 64.5 Å². The van der Waals surface area contributed by atoms with Crippen LogP contribution in [0.1, 0.15) is 46.2 Å². The van der Waals surface area contributed by atoms with Crippen LogP contribution in [-0.4, -0.2) is 23.0 Å². The van der Waals surface area contributed by atoms with E-state index in [1.165, 1.54) is 7.11 Å². The Labute approximate surface area is 174 Å². The van der Waals surface area contributed by atoms with Gasteiger partial charge >= 0.3 is 5.97 Å². The highest BCUT2D eigenvalue weighted by molar-refractivity contribution is 9.10. The van der Waals surface area contributed by atoms with Crippen molar-refractivity contribution in [3.63, 3.8) is 0 Å². The predicted molar refractivity (Wildman–Crippen MR) is 115 cm³/mol. The van der Waals surface area contributed by atoms with E-state index in [1.807, 2.05) is 51.1 Å². The first-order chi connectivity index (χ1) is 13.2. The molecule has 148 valence electrons. The van der Waals surface area contributed by atoms with Gasteiger partial charge in [0.2, 0.25) is 5.89 Å². The van der Waals surface area contributed by atoms with Crippen LogP contribution in [0.5, 0.6) is 0 Å². The fraction of sp³-hybridized carbons (Fsp3) is 0.318. The molecule has 0 saturated heterocycles. The molecule has 0 spiro atoms. The summed E-state index contributed by atoms with van der Waals surface area (Å²) in [7, 11) is 1.37. The van der Waals surface area contributed by atoms with Crippen molar-refractivity contribution in [1.82, 2.24) is 9.97 Å². The topological polar surface area (TPSA) is 65.2 Å². The number of hydrogen-bond donors (Lipinski definition) is 0. The quantitative estimate of drug-likeness (QED) is 0.411. The van der Waals surface area contributed by atoms with Crippen LogP contribution >= 0.6 is 15.9 Å². The zero-order valence-corrected chi connectivity index (χ0v) is 18.6. The minimum Gasteiger partial charge on any atom is -0.468 e. The smallest absolute Gasteiger partial charge is 0.317 e. The Balaban J connectivity index is 2.38. The molecule has 0 atom stereocenters. The van der Waals surface area contributed by atoms with Gasteiger partial charge in [-0.15, -0.1) is 0 Å². The summed E-state index contributed by atoms with van der Waals surface area (Å²) < 4.78 is 11.2. The summed E-state index contributed by atoms with van der Waals surface area (Å²) in [5, 5.41) is 0. The standard InChI is InChI=1S/C22H25BrN2O3/c1-7-9-14(3)12-15(8-2)20-25-18(19(23)28-20)16-10-11-17(24-13-16)22(4,5)21(26)27-6/h7-13H,1-6H3/b9-7-,14-12-,15-8+. The molecule has 0 N–H and O–H groups in total. The maximum absolute atomic E-state index is 12.0. The molecule has 2 heterocycles. The molecule has 28 heavy (non-hydrogen) atoms. The van der Waals surface area contributed by atoms with E-state index in [0.29, 0.717) is 21.9 Å². The third-order valence-corrected chi connectivity index (χ3v) is 4.87. The molecule has 0 radical (unpaired) electrons. The number of hydrogen-bond acceptors (Lipinski definition) is 5. The first kappa shape index (κ1) is 21.8. The Bertz CT molecular complexity index is 935. The van der Waals surface area contributed by atoms with Crippen LogP contribution in [0.25, 0.3) is 16.8 Å². The van der Waals surface area contributed by atoms with E-state index in [-0.39, 0.29) is 5.97 Å². The van der Waals surface area contributed by atoms with Crippen LogP contribution in [0.3, 0.4) is 0 Å². The van der Waals surface area contributed by atoms with Gasteiger partial charge in [0.1, 0.15) is 11.1 Å². The van der Waals surface area contributed by atoms with Gasteiger partial charge in [-0.2, -0.15) is 0 Å². The van der Waals surface area contributed by atoms with E-state index in [2.05, 4.69) is 25.9 Å². The van der Waals surface area contributed by atoms with Crippen LogP contribution < -0.4 is 0 Å². The second-order valence-electron chi connectivity index (χ2n) is 6.82. The van der Waals surface area contributed by atoms with Gasteiger partial charge in [-0.1, -0.05) is 23.8 Å². The molecule has 0 aliphatic carbocycles. The van der Waals surface area contributed by atoms with Crippen LogP contribution in [0.15, 0.2) is 57.3 Å². The molecule has 0 amide bonds. The molecule has 0 unspecified atom stereocenters. The summed E-state index contributed by atoms with van der Waals surface area (Å²) in [4.78, 5) is 21.0. The van der Waals surface area contributed by atoms with Crippen LogP contribution in [-0.2, 0) is 14.9 Å². The van der Waals surface area contributed by atoms with Gasteiger partial charge in [0.05, 0.1) is 12.8 Å². The van der Waals surface area contributed by atoms with E-state index in [4.69, 9.17) is 9.15 Å². The summed E-state index contributed by atoms with van der Waals surface area (Å²) in [6.07, 6.45) is 9.66. The average molecular weight is 445 g/mol.